The molecule has 0 bridgehead atoms. The van der Waals surface area contributed by atoms with Gasteiger partial charge in [0.1, 0.15) is 6.61 Å². The van der Waals surface area contributed by atoms with E-state index >= 15 is 0 Å². The minimum atomic E-state index is -2.07. The first kappa shape index (κ1) is 6.97. The maximum Gasteiger partial charge on any atom is 0.346 e. The number of nitrogens with one attached hydrogen (secondary N) is 1. The van der Waals surface area contributed by atoms with E-state index in [1.165, 1.54) is 0 Å². The molecule has 0 aromatic heterocycles. The van der Waals surface area contributed by atoms with E-state index in [4.69, 9.17) is 15.3 Å². The average Bonchev–Trinajstić information content (AvgIpc) is 2.09. The Labute approximate surface area is 55.8 Å². The molecule has 1 aliphatic rings. The van der Waals surface area contributed by atoms with Gasteiger partial charge in [-0.3, -0.25) is 5.32 Å². The fourth-order valence-electron chi connectivity index (χ4n) is 0.560. The van der Waals surface area contributed by atoms with Crippen LogP contribution in [-0.4, -0.2) is 39.6 Å². The molecular formula is C4H6N2O4. The molecule has 0 aromatic rings. The maximum absolute atomic E-state index is 10.3. The largest absolute Gasteiger partial charge is 0.493 e. The number of amides is 2. The van der Waals surface area contributed by atoms with Crippen molar-refractivity contribution in [2.24, 2.45) is 4.99 Å². The lowest BCUT2D eigenvalue weighted by atomic mass is 10.2. The number of aliphatic hydroxyl groups excluding tert-OH is 2. The van der Waals surface area contributed by atoms with Crippen LogP contribution in [0.15, 0.2) is 4.99 Å². The van der Waals surface area contributed by atoms with Gasteiger partial charge in [-0.15, -0.1) is 0 Å². The third-order valence-electron chi connectivity index (χ3n) is 1.12. The lowest BCUT2D eigenvalue weighted by molar-refractivity contribution is 0.0195. The quantitative estimate of drug-likeness (QED) is 0.355. The van der Waals surface area contributed by atoms with Gasteiger partial charge < -0.3 is 15.3 Å². The highest BCUT2D eigenvalue weighted by molar-refractivity contribution is 6.01. The number of hydrogen-bond acceptors (Lipinski definition) is 3. The zero-order valence-corrected chi connectivity index (χ0v) is 4.90. The summed E-state index contributed by atoms with van der Waals surface area (Å²) < 4.78 is 0. The van der Waals surface area contributed by atoms with Crippen LogP contribution >= 0.6 is 0 Å². The van der Waals surface area contributed by atoms with Gasteiger partial charge >= 0.3 is 6.03 Å². The first-order chi connectivity index (χ1) is 4.58. The number of aliphatic imine (C=N–C) groups is 1. The Morgan fingerprint density at radius 2 is 2.30 bits per heavy atom. The monoisotopic (exact) mass is 146 g/mol. The molecule has 6 heteroatoms. The van der Waals surface area contributed by atoms with Crippen LogP contribution in [0.1, 0.15) is 0 Å². The molecule has 2 amide bonds. The molecule has 6 nitrogen and oxygen atoms in total. The highest BCUT2D eigenvalue weighted by Crippen LogP contribution is 2.07. The van der Waals surface area contributed by atoms with Crippen molar-refractivity contribution < 1.29 is 20.1 Å². The number of hydrogen-bond donors (Lipinski definition) is 4. The lowest BCUT2D eigenvalue weighted by Crippen LogP contribution is -2.51. The summed E-state index contributed by atoms with van der Waals surface area (Å²) in [6.45, 7) is -0.798. The second-order valence-electron chi connectivity index (χ2n) is 1.88. The molecule has 1 aliphatic heterocycles. The van der Waals surface area contributed by atoms with Gasteiger partial charge in [0, 0.05) is 0 Å². The van der Waals surface area contributed by atoms with Crippen molar-refractivity contribution in [1.29, 1.82) is 0 Å². The molecule has 0 aromatic carbocycles. The molecule has 4 N–H and O–H groups in total. The van der Waals surface area contributed by atoms with E-state index in [2.05, 4.69) is 4.99 Å². The van der Waals surface area contributed by atoms with Crippen molar-refractivity contribution in [1.82, 2.24) is 5.32 Å². The van der Waals surface area contributed by atoms with Gasteiger partial charge in [0.2, 0.25) is 11.6 Å². The van der Waals surface area contributed by atoms with Crippen LogP contribution in [0.4, 0.5) is 4.79 Å². The van der Waals surface area contributed by atoms with Crippen LogP contribution < -0.4 is 5.32 Å². The number of aliphatic hydroxyl groups is 3. The predicted octanol–water partition coefficient (Wildman–Crippen LogP) is -1.65. The van der Waals surface area contributed by atoms with Gasteiger partial charge in [-0.1, -0.05) is 0 Å². The van der Waals surface area contributed by atoms with E-state index < -0.39 is 24.3 Å². The second-order valence-corrected chi connectivity index (χ2v) is 1.88. The summed E-state index contributed by atoms with van der Waals surface area (Å²) in [5, 5.41) is 27.9. The van der Waals surface area contributed by atoms with Crippen LogP contribution in [0.25, 0.3) is 0 Å². The molecule has 1 rings (SSSR count). The molecule has 1 unspecified atom stereocenters. The van der Waals surface area contributed by atoms with Crippen LogP contribution in [0.2, 0.25) is 0 Å². The summed E-state index contributed by atoms with van der Waals surface area (Å²) >= 11 is 0. The minimum absolute atomic E-state index is 0.798. The third-order valence-corrected chi connectivity index (χ3v) is 1.12. The zero-order chi connectivity index (χ0) is 7.78. The maximum atomic E-state index is 10.3. The summed E-state index contributed by atoms with van der Waals surface area (Å²) in [4.78, 5) is 13.2. The molecular weight excluding hydrogens is 140 g/mol. The van der Waals surface area contributed by atoms with Crippen molar-refractivity contribution in [3.63, 3.8) is 0 Å². The van der Waals surface area contributed by atoms with E-state index in [0.717, 1.165) is 0 Å². The van der Waals surface area contributed by atoms with Gasteiger partial charge in [-0.25, -0.2) is 4.79 Å². The average molecular weight is 146 g/mol. The fraction of sp³-hybridized carbons (Fsp3) is 0.500. The highest BCUT2D eigenvalue weighted by atomic mass is 16.4. The van der Waals surface area contributed by atoms with Crippen molar-refractivity contribution in [3.05, 3.63) is 0 Å². The van der Waals surface area contributed by atoms with Gasteiger partial charge in [-0.2, -0.15) is 4.99 Å². The molecule has 0 radical (unpaired) electrons. The van der Waals surface area contributed by atoms with Crippen LogP contribution in [0.5, 0.6) is 0 Å². The van der Waals surface area contributed by atoms with Crippen LogP contribution in [-0.2, 0) is 0 Å². The summed E-state index contributed by atoms with van der Waals surface area (Å²) in [6.07, 6.45) is 0. The number of urea groups is 1. The summed E-state index contributed by atoms with van der Waals surface area (Å²) in [6, 6.07) is -0.867. The standard InChI is InChI=1S/C4H6N2O4/c7-1-4(10)2(8)5-3(9)6-4/h7,10H,1H2,(H2,5,6,8,9). The normalized spacial score (nSPS) is 31.8. The van der Waals surface area contributed by atoms with Crippen molar-refractivity contribution in [3.8, 4) is 0 Å². The van der Waals surface area contributed by atoms with Gasteiger partial charge in [-0.05, 0) is 0 Å². The molecule has 0 fully saturated rings. The first-order valence-electron chi connectivity index (χ1n) is 2.52. The smallest absolute Gasteiger partial charge is 0.346 e. The van der Waals surface area contributed by atoms with E-state index in [-0.39, 0.29) is 0 Å². The summed E-state index contributed by atoms with van der Waals surface area (Å²) in [7, 11) is 0. The van der Waals surface area contributed by atoms with E-state index in [1.54, 1.807) is 0 Å². The Morgan fingerprint density at radius 1 is 1.70 bits per heavy atom. The molecule has 0 aliphatic carbocycles. The lowest BCUT2D eigenvalue weighted by Gasteiger charge is -2.16. The van der Waals surface area contributed by atoms with Crippen molar-refractivity contribution in [2.75, 3.05) is 6.61 Å². The zero-order valence-electron chi connectivity index (χ0n) is 4.90. The second kappa shape index (κ2) is 1.93. The Bertz CT molecular complexity index is 201. The van der Waals surface area contributed by atoms with Crippen LogP contribution in [0.3, 0.4) is 0 Å². The molecule has 0 saturated carbocycles. The highest BCUT2D eigenvalue weighted by Gasteiger charge is 2.40. The Kier molecular flexibility index (Phi) is 1.34. The van der Waals surface area contributed by atoms with Gasteiger partial charge in [0.15, 0.2) is 0 Å². The van der Waals surface area contributed by atoms with Gasteiger partial charge in [0.25, 0.3) is 0 Å². The Morgan fingerprint density at radius 3 is 2.50 bits per heavy atom. The number of carbonyl (C=O) groups is 1. The molecule has 1 atom stereocenters. The van der Waals surface area contributed by atoms with Crippen LogP contribution in [0, 0.1) is 0 Å². The van der Waals surface area contributed by atoms with Crippen molar-refractivity contribution in [2.45, 2.75) is 5.72 Å². The molecule has 1 heterocycles. The topological polar surface area (TPSA) is 102 Å². The fourth-order valence-corrected chi connectivity index (χ4v) is 0.560. The molecule has 0 saturated heterocycles. The number of rotatable bonds is 1. The third kappa shape index (κ3) is 0.829. The summed E-state index contributed by atoms with van der Waals surface area (Å²) in [5.41, 5.74) is -2.07. The summed E-state index contributed by atoms with van der Waals surface area (Å²) in [5.74, 6) is -0.806. The SMILES string of the molecule is O=C1N=C(O)C(O)(CO)N1. The molecule has 10 heavy (non-hydrogen) atoms. The molecule has 56 valence electrons. The minimum Gasteiger partial charge on any atom is -0.493 e. The Hall–Kier alpha value is -1.14. The van der Waals surface area contributed by atoms with E-state index in [1.807, 2.05) is 5.32 Å². The predicted molar refractivity (Wildman–Crippen MR) is 30.6 cm³/mol. The van der Waals surface area contributed by atoms with Crippen molar-refractivity contribution >= 4 is 11.9 Å². The Balaban J connectivity index is 2.86. The first-order valence-corrected chi connectivity index (χ1v) is 2.52. The number of nitrogens with zero attached hydrogens (tertiary/aromatic N) is 1. The van der Waals surface area contributed by atoms with Gasteiger partial charge in [0.05, 0.1) is 0 Å². The van der Waals surface area contributed by atoms with E-state index in [9.17, 15) is 4.79 Å². The number of carbonyl (C=O) groups excluding carboxylic acids is 1. The van der Waals surface area contributed by atoms with E-state index in [0.29, 0.717) is 0 Å². The molecule has 0 spiro atoms.